The van der Waals surface area contributed by atoms with Crippen LogP contribution in [0.3, 0.4) is 0 Å². The van der Waals surface area contributed by atoms with Crippen molar-refractivity contribution in [3.05, 3.63) is 36.5 Å². The lowest BCUT2D eigenvalue weighted by atomic mass is 9.94. The molecule has 0 saturated heterocycles. The molecular weight excluding hydrogens is 168 g/mol. The van der Waals surface area contributed by atoms with Crippen LogP contribution in [0.1, 0.15) is 45.4 Å². The van der Waals surface area contributed by atoms with Gasteiger partial charge >= 0.3 is 0 Å². The minimum atomic E-state index is 0.747. The monoisotopic (exact) mass is 190 g/mol. The molecule has 0 fully saturated rings. The Morgan fingerprint density at radius 2 is 2.36 bits per heavy atom. The van der Waals surface area contributed by atoms with Crippen LogP contribution in [-0.2, 0) is 0 Å². The van der Waals surface area contributed by atoms with Crippen molar-refractivity contribution in [2.45, 2.75) is 45.4 Å². The molecule has 0 aromatic rings. The highest BCUT2D eigenvalue weighted by Gasteiger charge is 2.03. The van der Waals surface area contributed by atoms with Crippen LogP contribution in [-0.4, -0.2) is 0 Å². The molecule has 1 rings (SSSR count). The molecule has 0 saturated carbocycles. The molecule has 0 N–H and O–H groups in total. The molecule has 1 unspecified atom stereocenters. The van der Waals surface area contributed by atoms with Gasteiger partial charge in [-0.2, -0.15) is 0 Å². The fraction of sp³-hybridized carbons (Fsp3) is 0.571. The van der Waals surface area contributed by atoms with E-state index < -0.39 is 0 Å². The SMILES string of the molecule is C=CCCCC(C)C=C1CC=CCC1. The van der Waals surface area contributed by atoms with Gasteiger partial charge in [-0.1, -0.05) is 36.8 Å². The Kier molecular flexibility index (Phi) is 5.36. The van der Waals surface area contributed by atoms with E-state index in [0.29, 0.717) is 0 Å². The van der Waals surface area contributed by atoms with E-state index in [9.17, 15) is 0 Å². The first-order valence-electron chi connectivity index (χ1n) is 5.78. The summed E-state index contributed by atoms with van der Waals surface area (Å²) >= 11 is 0. The molecule has 0 heterocycles. The molecule has 0 spiro atoms. The van der Waals surface area contributed by atoms with Crippen molar-refractivity contribution in [1.82, 2.24) is 0 Å². The Morgan fingerprint density at radius 1 is 1.50 bits per heavy atom. The largest absolute Gasteiger partial charge is 0.103 e. The minimum absolute atomic E-state index is 0.747. The summed E-state index contributed by atoms with van der Waals surface area (Å²) in [4.78, 5) is 0. The Bertz CT molecular complexity index is 220. The number of allylic oxidation sites excluding steroid dienone is 5. The van der Waals surface area contributed by atoms with Gasteiger partial charge in [0.05, 0.1) is 0 Å². The van der Waals surface area contributed by atoms with E-state index in [4.69, 9.17) is 0 Å². The number of unbranched alkanes of at least 4 members (excludes halogenated alkanes) is 1. The van der Waals surface area contributed by atoms with E-state index in [1.165, 1.54) is 32.1 Å². The molecule has 0 heteroatoms. The van der Waals surface area contributed by atoms with Gasteiger partial charge in [0, 0.05) is 0 Å². The van der Waals surface area contributed by atoms with Crippen LogP contribution in [0.25, 0.3) is 0 Å². The third-order valence-corrected chi connectivity index (χ3v) is 2.77. The molecule has 0 radical (unpaired) electrons. The van der Waals surface area contributed by atoms with Crippen LogP contribution >= 0.6 is 0 Å². The summed E-state index contributed by atoms with van der Waals surface area (Å²) in [5.74, 6) is 0.747. The van der Waals surface area contributed by atoms with E-state index in [2.05, 4.69) is 31.7 Å². The number of hydrogen-bond acceptors (Lipinski definition) is 0. The standard InChI is InChI=1S/C14H22/c1-3-4-6-9-13(2)12-14-10-7-5-8-11-14/h3,5,7,12-13H,1,4,6,8-11H2,2H3. The van der Waals surface area contributed by atoms with Crippen LogP contribution in [0.2, 0.25) is 0 Å². The predicted octanol–water partition coefficient (Wildman–Crippen LogP) is 4.65. The van der Waals surface area contributed by atoms with Gasteiger partial charge in [0.2, 0.25) is 0 Å². The predicted molar refractivity (Wildman–Crippen MR) is 64.3 cm³/mol. The zero-order valence-corrected chi connectivity index (χ0v) is 9.34. The highest BCUT2D eigenvalue weighted by molar-refractivity contribution is 5.13. The lowest BCUT2D eigenvalue weighted by Crippen LogP contribution is -1.95. The fourth-order valence-electron chi connectivity index (χ4n) is 1.94. The number of hydrogen-bond donors (Lipinski definition) is 0. The maximum atomic E-state index is 3.75. The van der Waals surface area contributed by atoms with Crippen LogP contribution in [0, 0.1) is 5.92 Å². The Morgan fingerprint density at radius 3 is 3.00 bits per heavy atom. The van der Waals surface area contributed by atoms with E-state index in [-0.39, 0.29) is 0 Å². The van der Waals surface area contributed by atoms with Gasteiger partial charge in [-0.05, 0) is 44.4 Å². The van der Waals surface area contributed by atoms with Crippen molar-refractivity contribution < 1.29 is 0 Å². The smallest absolute Gasteiger partial charge is 0.0139 e. The molecule has 0 nitrogen and oxygen atoms in total. The third kappa shape index (κ3) is 4.45. The summed E-state index contributed by atoms with van der Waals surface area (Å²) in [5.41, 5.74) is 1.64. The average Bonchev–Trinajstić information content (AvgIpc) is 2.20. The highest BCUT2D eigenvalue weighted by Crippen LogP contribution is 2.21. The van der Waals surface area contributed by atoms with Gasteiger partial charge < -0.3 is 0 Å². The van der Waals surface area contributed by atoms with Gasteiger partial charge in [-0.3, -0.25) is 0 Å². The van der Waals surface area contributed by atoms with Crippen molar-refractivity contribution in [3.8, 4) is 0 Å². The fourth-order valence-corrected chi connectivity index (χ4v) is 1.94. The summed E-state index contributed by atoms with van der Waals surface area (Å²) in [7, 11) is 0. The van der Waals surface area contributed by atoms with Crippen molar-refractivity contribution in [1.29, 1.82) is 0 Å². The number of rotatable bonds is 5. The van der Waals surface area contributed by atoms with Crippen molar-refractivity contribution >= 4 is 0 Å². The molecule has 14 heavy (non-hydrogen) atoms. The average molecular weight is 190 g/mol. The van der Waals surface area contributed by atoms with E-state index >= 15 is 0 Å². The quantitative estimate of drug-likeness (QED) is 0.437. The summed E-state index contributed by atoms with van der Waals surface area (Å²) < 4.78 is 0. The van der Waals surface area contributed by atoms with Gasteiger partial charge in [0.25, 0.3) is 0 Å². The van der Waals surface area contributed by atoms with Gasteiger partial charge in [-0.25, -0.2) is 0 Å². The van der Waals surface area contributed by atoms with E-state index in [0.717, 1.165) is 12.3 Å². The second kappa shape index (κ2) is 6.64. The van der Waals surface area contributed by atoms with Crippen molar-refractivity contribution in [2.75, 3.05) is 0 Å². The summed E-state index contributed by atoms with van der Waals surface area (Å²) in [6.07, 6.45) is 16.5. The minimum Gasteiger partial charge on any atom is -0.103 e. The summed E-state index contributed by atoms with van der Waals surface area (Å²) in [5, 5.41) is 0. The maximum absolute atomic E-state index is 3.75. The van der Waals surface area contributed by atoms with Crippen molar-refractivity contribution in [2.24, 2.45) is 5.92 Å². The molecule has 1 atom stereocenters. The summed E-state index contributed by atoms with van der Waals surface area (Å²) in [6, 6.07) is 0. The van der Waals surface area contributed by atoms with Crippen LogP contribution < -0.4 is 0 Å². The lowest BCUT2D eigenvalue weighted by molar-refractivity contribution is 0.605. The molecule has 1 aliphatic rings. The molecule has 0 aromatic carbocycles. The van der Waals surface area contributed by atoms with Crippen LogP contribution in [0.5, 0.6) is 0 Å². The van der Waals surface area contributed by atoms with E-state index in [1.54, 1.807) is 5.57 Å². The molecule has 0 aliphatic heterocycles. The zero-order valence-electron chi connectivity index (χ0n) is 9.34. The second-order valence-corrected chi connectivity index (χ2v) is 4.24. The highest BCUT2D eigenvalue weighted by atomic mass is 14.1. The Balaban J connectivity index is 2.26. The Hall–Kier alpha value is -0.780. The molecule has 0 aromatic heterocycles. The first kappa shape index (κ1) is 11.3. The topological polar surface area (TPSA) is 0 Å². The molecule has 0 amide bonds. The van der Waals surface area contributed by atoms with Gasteiger partial charge in [0.1, 0.15) is 0 Å². The first-order valence-corrected chi connectivity index (χ1v) is 5.78. The van der Waals surface area contributed by atoms with Crippen molar-refractivity contribution in [3.63, 3.8) is 0 Å². The molecule has 78 valence electrons. The lowest BCUT2D eigenvalue weighted by Gasteiger charge is -2.12. The Labute approximate surface area is 88.4 Å². The normalized spacial score (nSPS) is 21.1. The molecular formula is C14H22. The molecule has 0 bridgehead atoms. The van der Waals surface area contributed by atoms with Gasteiger partial charge in [0.15, 0.2) is 0 Å². The first-order chi connectivity index (χ1) is 6.83. The summed E-state index contributed by atoms with van der Waals surface area (Å²) in [6.45, 7) is 6.08. The van der Waals surface area contributed by atoms with Crippen LogP contribution in [0.15, 0.2) is 36.5 Å². The van der Waals surface area contributed by atoms with E-state index in [1.807, 2.05) is 6.08 Å². The third-order valence-electron chi connectivity index (χ3n) is 2.77. The maximum Gasteiger partial charge on any atom is -0.0139 e. The van der Waals surface area contributed by atoms with Gasteiger partial charge in [-0.15, -0.1) is 6.58 Å². The molecule has 1 aliphatic carbocycles. The second-order valence-electron chi connectivity index (χ2n) is 4.24. The zero-order chi connectivity index (χ0) is 10.2. The van der Waals surface area contributed by atoms with Crippen LogP contribution in [0.4, 0.5) is 0 Å².